The van der Waals surface area contributed by atoms with Crippen molar-refractivity contribution >= 4 is 26.7 Å². The maximum atomic E-state index is 12.5. The molecule has 0 saturated heterocycles. The predicted molar refractivity (Wildman–Crippen MR) is 117 cm³/mol. The predicted octanol–water partition coefficient (Wildman–Crippen LogP) is 3.85. The number of hydrogen-bond acceptors (Lipinski definition) is 3. The van der Waals surface area contributed by atoms with Crippen molar-refractivity contribution in [2.75, 3.05) is 13.1 Å². The monoisotopic (exact) mass is 410 g/mol. The number of nitrogens with one attached hydrogen (secondary N) is 2. The molecule has 6 heteroatoms. The minimum atomic E-state index is -3.62. The summed E-state index contributed by atoms with van der Waals surface area (Å²) in [6.45, 7) is 6.54. The average molecular weight is 411 g/mol. The lowest BCUT2D eigenvalue weighted by Gasteiger charge is -2.19. The van der Waals surface area contributed by atoms with Crippen LogP contribution >= 0.6 is 0 Å². The van der Waals surface area contributed by atoms with Gasteiger partial charge in [-0.3, -0.25) is 4.79 Å². The first kappa shape index (κ1) is 21.0. The molecule has 29 heavy (non-hydrogen) atoms. The molecule has 0 aliphatic carbocycles. The topological polar surface area (TPSA) is 75.3 Å². The third kappa shape index (κ3) is 5.02. The summed E-state index contributed by atoms with van der Waals surface area (Å²) < 4.78 is 27.5. The van der Waals surface area contributed by atoms with Gasteiger partial charge in [-0.05, 0) is 39.9 Å². The summed E-state index contributed by atoms with van der Waals surface area (Å²) in [4.78, 5) is 12.7. The fourth-order valence-electron chi connectivity index (χ4n) is 3.10. The number of benzene rings is 3. The Morgan fingerprint density at radius 3 is 2.21 bits per heavy atom. The van der Waals surface area contributed by atoms with Crippen molar-refractivity contribution in [1.82, 2.24) is 10.0 Å². The van der Waals surface area contributed by atoms with E-state index >= 15 is 0 Å². The van der Waals surface area contributed by atoms with Crippen LogP contribution in [0.25, 0.3) is 10.8 Å². The number of fused-ring (bicyclic) bond motifs is 1. The number of hydrogen-bond donors (Lipinski definition) is 2. The fourth-order valence-corrected chi connectivity index (χ4v) is 4.13. The zero-order chi connectivity index (χ0) is 21.1. The minimum Gasteiger partial charge on any atom is -0.351 e. The molecule has 0 saturated carbocycles. The molecule has 0 fully saturated rings. The highest BCUT2D eigenvalue weighted by molar-refractivity contribution is 7.89. The van der Waals surface area contributed by atoms with Gasteiger partial charge in [-0.2, -0.15) is 0 Å². The van der Waals surface area contributed by atoms with Crippen molar-refractivity contribution in [3.05, 3.63) is 77.9 Å². The summed E-state index contributed by atoms with van der Waals surface area (Å²) in [7, 11) is -3.62. The molecule has 1 amide bonds. The van der Waals surface area contributed by atoms with E-state index in [4.69, 9.17) is 0 Å². The number of amides is 1. The van der Waals surface area contributed by atoms with Crippen LogP contribution in [0, 0.1) is 0 Å². The first-order valence-corrected chi connectivity index (χ1v) is 11.0. The van der Waals surface area contributed by atoms with Crippen molar-refractivity contribution in [3.63, 3.8) is 0 Å². The van der Waals surface area contributed by atoms with Gasteiger partial charge in [0.2, 0.25) is 10.0 Å². The van der Waals surface area contributed by atoms with Crippen LogP contribution in [0.2, 0.25) is 0 Å². The molecular weight excluding hydrogens is 384 g/mol. The molecule has 0 aliphatic heterocycles. The fraction of sp³-hybridized carbons (Fsp3) is 0.261. The second-order valence-corrected chi connectivity index (χ2v) is 9.72. The zero-order valence-electron chi connectivity index (χ0n) is 16.9. The molecule has 152 valence electrons. The molecule has 0 atom stereocenters. The number of carbonyl (C=O) groups is 1. The lowest BCUT2D eigenvalue weighted by atomic mass is 9.87. The Bertz CT molecular complexity index is 1110. The van der Waals surface area contributed by atoms with Gasteiger partial charge in [0.1, 0.15) is 0 Å². The maximum Gasteiger partial charge on any atom is 0.251 e. The highest BCUT2D eigenvalue weighted by Gasteiger charge is 2.17. The lowest BCUT2D eigenvalue weighted by molar-refractivity contribution is 0.0956. The van der Waals surface area contributed by atoms with Crippen LogP contribution < -0.4 is 10.0 Å². The number of rotatable bonds is 6. The second kappa shape index (κ2) is 8.35. The van der Waals surface area contributed by atoms with Crippen LogP contribution in [0.4, 0.5) is 0 Å². The van der Waals surface area contributed by atoms with Crippen LogP contribution in [0.3, 0.4) is 0 Å². The molecule has 2 N–H and O–H groups in total. The maximum absolute atomic E-state index is 12.5. The van der Waals surface area contributed by atoms with E-state index in [1.165, 1.54) is 0 Å². The number of sulfonamides is 1. The Labute approximate surface area is 172 Å². The van der Waals surface area contributed by atoms with Crippen LogP contribution in [-0.4, -0.2) is 27.4 Å². The minimum absolute atomic E-state index is 0.0401. The van der Waals surface area contributed by atoms with Gasteiger partial charge in [-0.1, -0.05) is 69.3 Å². The second-order valence-electron chi connectivity index (χ2n) is 7.95. The standard InChI is InChI=1S/C23H26N2O3S/c1-23(2,3)18-11-13-19(14-12-18)29(27,28)25-16-15-24-22(26)21-10-6-8-17-7-4-5-9-20(17)21/h4-14,25H,15-16H2,1-3H3,(H,24,26). The first-order valence-electron chi connectivity index (χ1n) is 9.55. The molecule has 0 bridgehead atoms. The van der Waals surface area contributed by atoms with Gasteiger partial charge in [0.05, 0.1) is 4.90 Å². The zero-order valence-corrected chi connectivity index (χ0v) is 17.7. The Balaban J connectivity index is 1.58. The van der Waals surface area contributed by atoms with Crippen molar-refractivity contribution in [1.29, 1.82) is 0 Å². The largest absolute Gasteiger partial charge is 0.351 e. The van der Waals surface area contributed by atoms with E-state index in [2.05, 4.69) is 30.8 Å². The van der Waals surface area contributed by atoms with E-state index < -0.39 is 10.0 Å². The normalized spacial score (nSPS) is 12.1. The summed E-state index contributed by atoms with van der Waals surface area (Å²) in [6, 6.07) is 20.1. The summed E-state index contributed by atoms with van der Waals surface area (Å²) >= 11 is 0. The van der Waals surface area contributed by atoms with Gasteiger partial charge >= 0.3 is 0 Å². The van der Waals surface area contributed by atoms with E-state index in [0.717, 1.165) is 16.3 Å². The first-order chi connectivity index (χ1) is 13.7. The van der Waals surface area contributed by atoms with E-state index in [1.807, 2.05) is 48.5 Å². The SMILES string of the molecule is CC(C)(C)c1ccc(S(=O)(=O)NCCNC(=O)c2cccc3ccccc23)cc1. The quantitative estimate of drug-likeness (QED) is 0.606. The molecule has 0 spiro atoms. The molecule has 0 aliphatic rings. The van der Waals surface area contributed by atoms with Gasteiger partial charge in [0.15, 0.2) is 0 Å². The lowest BCUT2D eigenvalue weighted by Crippen LogP contribution is -2.34. The number of carbonyl (C=O) groups excluding carboxylic acids is 1. The Kier molecular flexibility index (Phi) is 6.05. The van der Waals surface area contributed by atoms with Gasteiger partial charge in [0.25, 0.3) is 5.91 Å². The highest BCUT2D eigenvalue weighted by Crippen LogP contribution is 2.23. The van der Waals surface area contributed by atoms with Gasteiger partial charge in [0, 0.05) is 18.7 Å². The molecule has 5 nitrogen and oxygen atoms in total. The van der Waals surface area contributed by atoms with Crippen molar-refractivity contribution in [3.8, 4) is 0 Å². The summed E-state index contributed by atoms with van der Waals surface area (Å²) in [5.74, 6) is -0.226. The molecular formula is C23H26N2O3S. The van der Waals surface area contributed by atoms with E-state index in [0.29, 0.717) is 5.56 Å². The molecule has 3 aromatic rings. The van der Waals surface area contributed by atoms with E-state index in [-0.39, 0.29) is 29.3 Å². The molecule has 0 radical (unpaired) electrons. The molecule has 3 aromatic carbocycles. The van der Waals surface area contributed by atoms with Crippen LogP contribution in [-0.2, 0) is 15.4 Å². The van der Waals surface area contributed by atoms with Crippen LogP contribution in [0.1, 0.15) is 36.7 Å². The van der Waals surface area contributed by atoms with Gasteiger partial charge in [-0.25, -0.2) is 13.1 Å². The molecule has 3 rings (SSSR count). The molecule has 0 unspecified atom stereocenters. The van der Waals surface area contributed by atoms with Gasteiger partial charge in [-0.15, -0.1) is 0 Å². The Hall–Kier alpha value is -2.70. The molecule has 0 heterocycles. The Morgan fingerprint density at radius 1 is 0.862 bits per heavy atom. The van der Waals surface area contributed by atoms with Crippen LogP contribution in [0.5, 0.6) is 0 Å². The Morgan fingerprint density at radius 2 is 1.52 bits per heavy atom. The average Bonchev–Trinajstić information content (AvgIpc) is 2.70. The summed E-state index contributed by atoms with van der Waals surface area (Å²) in [5.41, 5.74) is 1.60. The van der Waals surface area contributed by atoms with E-state index in [9.17, 15) is 13.2 Å². The van der Waals surface area contributed by atoms with Crippen molar-refractivity contribution in [2.24, 2.45) is 0 Å². The van der Waals surface area contributed by atoms with Crippen molar-refractivity contribution < 1.29 is 13.2 Å². The van der Waals surface area contributed by atoms with E-state index in [1.54, 1.807) is 18.2 Å². The smallest absolute Gasteiger partial charge is 0.251 e. The molecule has 0 aromatic heterocycles. The summed E-state index contributed by atoms with van der Waals surface area (Å²) in [5, 5.41) is 4.63. The van der Waals surface area contributed by atoms with Crippen molar-refractivity contribution in [2.45, 2.75) is 31.1 Å². The third-order valence-electron chi connectivity index (χ3n) is 4.77. The van der Waals surface area contributed by atoms with Gasteiger partial charge < -0.3 is 5.32 Å². The highest BCUT2D eigenvalue weighted by atomic mass is 32.2. The van der Waals surface area contributed by atoms with Crippen LogP contribution in [0.15, 0.2) is 71.6 Å². The summed E-state index contributed by atoms with van der Waals surface area (Å²) in [6.07, 6.45) is 0. The third-order valence-corrected chi connectivity index (χ3v) is 6.24.